The van der Waals surface area contributed by atoms with Gasteiger partial charge in [0.2, 0.25) is 0 Å². The molecule has 0 aliphatic rings. The lowest BCUT2D eigenvalue weighted by atomic mass is 10.0. The van der Waals surface area contributed by atoms with Crippen molar-refractivity contribution in [2.45, 2.75) is 32.7 Å². The van der Waals surface area contributed by atoms with Crippen LogP contribution < -0.4 is 5.73 Å². The van der Waals surface area contributed by atoms with Gasteiger partial charge in [0.15, 0.2) is 0 Å². The summed E-state index contributed by atoms with van der Waals surface area (Å²) in [6.45, 7) is 4.94. The molecule has 1 unspecified atom stereocenters. The maximum Gasteiger partial charge on any atom is 0.0697 e. The second-order valence-electron chi connectivity index (χ2n) is 3.23. The molecule has 3 nitrogen and oxygen atoms in total. The van der Waals surface area contributed by atoms with Crippen molar-refractivity contribution in [3.8, 4) is 0 Å². The Hall–Kier alpha value is -0.830. The molecule has 2 N–H and O–H groups in total. The molecule has 0 bridgehead atoms. The predicted octanol–water partition coefficient (Wildman–Crippen LogP) is 1.39. The Morgan fingerprint density at radius 3 is 2.83 bits per heavy atom. The predicted molar refractivity (Wildman–Crippen MR) is 49.8 cm³/mol. The molecular formula is C9H17N3. The van der Waals surface area contributed by atoms with Gasteiger partial charge in [0.05, 0.1) is 5.69 Å². The topological polar surface area (TPSA) is 43.8 Å². The van der Waals surface area contributed by atoms with Gasteiger partial charge in [-0.15, -0.1) is 0 Å². The van der Waals surface area contributed by atoms with Crippen molar-refractivity contribution in [1.82, 2.24) is 9.78 Å². The average Bonchev–Trinajstić information content (AvgIpc) is 2.45. The zero-order chi connectivity index (χ0) is 9.14. The maximum absolute atomic E-state index is 5.60. The molecule has 0 aromatic carbocycles. The first kappa shape index (κ1) is 9.26. The van der Waals surface area contributed by atoms with Crippen LogP contribution in [0.25, 0.3) is 0 Å². The quantitative estimate of drug-likeness (QED) is 0.739. The van der Waals surface area contributed by atoms with E-state index >= 15 is 0 Å². The average molecular weight is 167 g/mol. The van der Waals surface area contributed by atoms with E-state index in [2.05, 4.69) is 18.9 Å². The maximum atomic E-state index is 5.60. The van der Waals surface area contributed by atoms with Crippen molar-refractivity contribution in [3.63, 3.8) is 0 Å². The summed E-state index contributed by atoms with van der Waals surface area (Å²) in [5, 5.41) is 4.39. The third kappa shape index (κ3) is 1.67. The van der Waals surface area contributed by atoms with Crippen molar-refractivity contribution in [1.29, 1.82) is 0 Å². The number of hydrogen-bond donors (Lipinski definition) is 1. The first-order valence-corrected chi connectivity index (χ1v) is 4.41. The van der Waals surface area contributed by atoms with Gasteiger partial charge in [-0.25, -0.2) is 0 Å². The lowest BCUT2D eigenvalue weighted by molar-refractivity contribution is 0.662. The van der Waals surface area contributed by atoms with Crippen LogP contribution in [0.3, 0.4) is 0 Å². The summed E-state index contributed by atoms with van der Waals surface area (Å²) >= 11 is 0. The second-order valence-corrected chi connectivity index (χ2v) is 3.23. The van der Waals surface area contributed by atoms with Crippen LogP contribution in [0.2, 0.25) is 0 Å². The molecule has 0 radical (unpaired) electrons. The SMILES string of the molecule is CCC(C)c1nn(C)cc1CN. The largest absolute Gasteiger partial charge is 0.326 e. The summed E-state index contributed by atoms with van der Waals surface area (Å²) in [6.07, 6.45) is 3.12. The van der Waals surface area contributed by atoms with E-state index < -0.39 is 0 Å². The Labute approximate surface area is 73.6 Å². The molecule has 0 saturated heterocycles. The van der Waals surface area contributed by atoms with Crippen molar-refractivity contribution in [3.05, 3.63) is 17.5 Å². The van der Waals surface area contributed by atoms with Crippen LogP contribution in [0.4, 0.5) is 0 Å². The summed E-state index contributed by atoms with van der Waals surface area (Å²) in [4.78, 5) is 0. The first-order chi connectivity index (χ1) is 5.69. The molecule has 1 aromatic heterocycles. The minimum Gasteiger partial charge on any atom is -0.326 e. The summed E-state index contributed by atoms with van der Waals surface area (Å²) in [5.74, 6) is 0.518. The van der Waals surface area contributed by atoms with E-state index in [0.717, 1.165) is 12.1 Å². The van der Waals surface area contributed by atoms with Crippen molar-refractivity contribution in [2.24, 2.45) is 12.8 Å². The summed E-state index contributed by atoms with van der Waals surface area (Å²) in [5.41, 5.74) is 7.93. The van der Waals surface area contributed by atoms with Crippen molar-refractivity contribution >= 4 is 0 Å². The minimum atomic E-state index is 0.518. The molecule has 1 rings (SSSR count). The van der Waals surface area contributed by atoms with Gasteiger partial charge < -0.3 is 5.73 Å². The third-order valence-corrected chi connectivity index (χ3v) is 2.24. The zero-order valence-corrected chi connectivity index (χ0v) is 8.04. The highest BCUT2D eigenvalue weighted by molar-refractivity contribution is 5.20. The van der Waals surface area contributed by atoms with Gasteiger partial charge in [-0.05, 0) is 6.42 Å². The Bertz CT molecular complexity index is 252. The van der Waals surface area contributed by atoms with Crippen LogP contribution in [0, 0.1) is 0 Å². The molecule has 68 valence electrons. The molecule has 1 atom stereocenters. The lowest BCUT2D eigenvalue weighted by Gasteiger charge is -2.05. The molecule has 1 aromatic rings. The van der Waals surface area contributed by atoms with Crippen molar-refractivity contribution in [2.75, 3.05) is 0 Å². The highest BCUT2D eigenvalue weighted by atomic mass is 15.3. The number of nitrogens with two attached hydrogens (primary N) is 1. The number of rotatable bonds is 3. The van der Waals surface area contributed by atoms with E-state index in [9.17, 15) is 0 Å². The van der Waals surface area contributed by atoms with Gasteiger partial charge >= 0.3 is 0 Å². The molecule has 3 heteroatoms. The van der Waals surface area contributed by atoms with Crippen molar-refractivity contribution < 1.29 is 0 Å². The molecular weight excluding hydrogens is 150 g/mol. The monoisotopic (exact) mass is 167 g/mol. The van der Waals surface area contributed by atoms with Gasteiger partial charge in [-0.1, -0.05) is 13.8 Å². The van der Waals surface area contributed by atoms with E-state index in [-0.39, 0.29) is 0 Å². The smallest absolute Gasteiger partial charge is 0.0697 e. The molecule has 12 heavy (non-hydrogen) atoms. The fourth-order valence-electron chi connectivity index (χ4n) is 1.32. The Kier molecular flexibility index (Phi) is 2.87. The van der Waals surface area contributed by atoms with Gasteiger partial charge in [0.25, 0.3) is 0 Å². The highest BCUT2D eigenvalue weighted by Gasteiger charge is 2.11. The van der Waals surface area contributed by atoms with Crippen LogP contribution in [0.15, 0.2) is 6.20 Å². The van der Waals surface area contributed by atoms with Gasteiger partial charge in [0.1, 0.15) is 0 Å². The van der Waals surface area contributed by atoms with E-state index in [4.69, 9.17) is 5.73 Å². The molecule has 0 spiro atoms. The fourth-order valence-corrected chi connectivity index (χ4v) is 1.32. The Balaban J connectivity index is 2.96. The normalized spacial score (nSPS) is 13.3. The third-order valence-electron chi connectivity index (χ3n) is 2.24. The molecule has 0 aliphatic carbocycles. The van der Waals surface area contributed by atoms with E-state index in [1.807, 2.05) is 17.9 Å². The van der Waals surface area contributed by atoms with E-state index in [1.54, 1.807) is 0 Å². The van der Waals surface area contributed by atoms with Gasteiger partial charge in [0, 0.05) is 31.3 Å². The van der Waals surface area contributed by atoms with Crippen LogP contribution in [-0.2, 0) is 13.6 Å². The van der Waals surface area contributed by atoms with Crippen LogP contribution in [0.1, 0.15) is 37.4 Å². The fraction of sp³-hybridized carbons (Fsp3) is 0.667. The Morgan fingerprint density at radius 1 is 1.67 bits per heavy atom. The summed E-state index contributed by atoms with van der Waals surface area (Å²) in [6, 6.07) is 0. The zero-order valence-electron chi connectivity index (χ0n) is 8.04. The molecule has 0 aliphatic heterocycles. The van der Waals surface area contributed by atoms with Crippen LogP contribution >= 0.6 is 0 Å². The lowest BCUT2D eigenvalue weighted by Crippen LogP contribution is -2.02. The number of aryl methyl sites for hydroxylation is 1. The second kappa shape index (κ2) is 3.72. The van der Waals surface area contributed by atoms with Gasteiger partial charge in [-0.3, -0.25) is 4.68 Å². The summed E-state index contributed by atoms with van der Waals surface area (Å²) in [7, 11) is 1.94. The number of nitrogens with zero attached hydrogens (tertiary/aromatic N) is 2. The van der Waals surface area contributed by atoms with Crippen LogP contribution in [0.5, 0.6) is 0 Å². The molecule has 0 saturated carbocycles. The Morgan fingerprint density at radius 2 is 2.33 bits per heavy atom. The number of hydrogen-bond acceptors (Lipinski definition) is 2. The number of aromatic nitrogens is 2. The van der Waals surface area contributed by atoms with Crippen LogP contribution in [-0.4, -0.2) is 9.78 Å². The summed E-state index contributed by atoms with van der Waals surface area (Å²) < 4.78 is 1.84. The van der Waals surface area contributed by atoms with E-state index in [1.165, 1.54) is 5.56 Å². The highest BCUT2D eigenvalue weighted by Crippen LogP contribution is 2.20. The molecule has 0 fully saturated rings. The van der Waals surface area contributed by atoms with E-state index in [0.29, 0.717) is 12.5 Å². The molecule has 0 amide bonds. The standard InChI is InChI=1S/C9H17N3/c1-4-7(2)9-8(5-10)6-12(3)11-9/h6-7H,4-5,10H2,1-3H3. The first-order valence-electron chi connectivity index (χ1n) is 4.41. The minimum absolute atomic E-state index is 0.518. The molecule has 1 heterocycles. The van der Waals surface area contributed by atoms with Gasteiger partial charge in [-0.2, -0.15) is 5.10 Å².